The average Bonchev–Trinajstić information content (AvgIpc) is 2.76. The molecule has 1 unspecified atom stereocenters. The van der Waals surface area contributed by atoms with Gasteiger partial charge in [0.15, 0.2) is 0 Å². The molecule has 1 aliphatic heterocycles. The Morgan fingerprint density at radius 3 is 2.74 bits per heavy atom. The molecule has 1 aliphatic rings. The Bertz CT molecular complexity index is 498. The number of rotatable bonds is 2. The fraction of sp³-hybridized carbons (Fsp3) is 0.385. The standard InChI is InChI=1S/C13H15BrN2O3/c1-8-4-10(14)6-11(5-8)15-13(19)16-3-2-9(7-16)12(17)18/h4-6,9H,2-3,7H2,1H3,(H,15,19)(H,17,18). The minimum Gasteiger partial charge on any atom is -0.481 e. The third-order valence-corrected chi connectivity index (χ3v) is 3.58. The Morgan fingerprint density at radius 2 is 2.16 bits per heavy atom. The second-order valence-electron chi connectivity index (χ2n) is 4.72. The number of halogens is 1. The number of carboxylic acids is 1. The van der Waals surface area contributed by atoms with Crippen LogP contribution in [0.4, 0.5) is 10.5 Å². The highest BCUT2D eigenvalue weighted by molar-refractivity contribution is 9.10. The molecule has 102 valence electrons. The summed E-state index contributed by atoms with van der Waals surface area (Å²) in [4.78, 5) is 24.4. The zero-order valence-electron chi connectivity index (χ0n) is 10.5. The lowest BCUT2D eigenvalue weighted by atomic mass is 10.1. The van der Waals surface area contributed by atoms with E-state index in [4.69, 9.17) is 5.11 Å². The van der Waals surface area contributed by atoms with Gasteiger partial charge in [-0.3, -0.25) is 4.79 Å². The lowest BCUT2D eigenvalue weighted by Crippen LogP contribution is -2.33. The summed E-state index contributed by atoms with van der Waals surface area (Å²) in [7, 11) is 0. The van der Waals surface area contributed by atoms with Gasteiger partial charge in [0.2, 0.25) is 0 Å². The summed E-state index contributed by atoms with van der Waals surface area (Å²) >= 11 is 3.37. The van der Waals surface area contributed by atoms with Crippen LogP contribution in [0, 0.1) is 12.8 Å². The molecule has 1 aromatic carbocycles. The molecule has 1 heterocycles. The number of benzene rings is 1. The molecule has 0 radical (unpaired) electrons. The lowest BCUT2D eigenvalue weighted by molar-refractivity contribution is -0.141. The molecule has 19 heavy (non-hydrogen) atoms. The predicted octanol–water partition coefficient (Wildman–Crippen LogP) is 2.70. The maximum Gasteiger partial charge on any atom is 0.321 e. The van der Waals surface area contributed by atoms with Crippen molar-refractivity contribution in [3.05, 3.63) is 28.2 Å². The van der Waals surface area contributed by atoms with Crippen LogP contribution >= 0.6 is 15.9 Å². The van der Waals surface area contributed by atoms with E-state index < -0.39 is 11.9 Å². The summed E-state index contributed by atoms with van der Waals surface area (Å²) in [5, 5.41) is 11.7. The SMILES string of the molecule is Cc1cc(Br)cc(NC(=O)N2CCC(C(=O)O)C2)c1. The van der Waals surface area contributed by atoms with Crippen molar-refractivity contribution in [2.75, 3.05) is 18.4 Å². The van der Waals surface area contributed by atoms with E-state index in [1.165, 1.54) is 4.90 Å². The molecule has 0 aliphatic carbocycles. The van der Waals surface area contributed by atoms with Gasteiger partial charge in [0, 0.05) is 23.2 Å². The number of anilines is 1. The summed E-state index contributed by atoms with van der Waals surface area (Å²) < 4.78 is 0.896. The second-order valence-corrected chi connectivity index (χ2v) is 5.63. The molecule has 2 N–H and O–H groups in total. The molecule has 1 aromatic rings. The first kappa shape index (κ1) is 13.9. The third kappa shape index (κ3) is 3.47. The number of carbonyl (C=O) groups excluding carboxylic acids is 1. The van der Waals surface area contributed by atoms with Crippen LogP contribution in [0.3, 0.4) is 0 Å². The summed E-state index contributed by atoms with van der Waals surface area (Å²) in [5.41, 5.74) is 1.74. The molecular formula is C13H15BrN2O3. The van der Waals surface area contributed by atoms with Crippen LogP contribution in [0.5, 0.6) is 0 Å². The molecular weight excluding hydrogens is 312 g/mol. The van der Waals surface area contributed by atoms with Crippen molar-refractivity contribution in [2.45, 2.75) is 13.3 Å². The number of nitrogens with one attached hydrogen (secondary N) is 1. The number of amides is 2. The fourth-order valence-electron chi connectivity index (χ4n) is 2.16. The summed E-state index contributed by atoms with van der Waals surface area (Å²) in [6, 6.07) is 5.39. The number of aliphatic carboxylic acids is 1. The molecule has 1 saturated heterocycles. The predicted molar refractivity (Wildman–Crippen MR) is 75.2 cm³/mol. The smallest absolute Gasteiger partial charge is 0.321 e. The highest BCUT2D eigenvalue weighted by Crippen LogP contribution is 2.21. The lowest BCUT2D eigenvalue weighted by Gasteiger charge is -2.17. The molecule has 0 bridgehead atoms. The zero-order valence-corrected chi connectivity index (χ0v) is 12.1. The van der Waals surface area contributed by atoms with Gasteiger partial charge in [0.05, 0.1) is 5.92 Å². The van der Waals surface area contributed by atoms with E-state index in [-0.39, 0.29) is 12.6 Å². The van der Waals surface area contributed by atoms with E-state index >= 15 is 0 Å². The van der Waals surface area contributed by atoms with Crippen LogP contribution in [-0.2, 0) is 4.79 Å². The number of hydrogen-bond acceptors (Lipinski definition) is 2. The number of urea groups is 1. The van der Waals surface area contributed by atoms with E-state index in [9.17, 15) is 9.59 Å². The molecule has 0 spiro atoms. The van der Waals surface area contributed by atoms with Crippen LogP contribution in [0.15, 0.2) is 22.7 Å². The first-order chi connectivity index (χ1) is 8.95. The van der Waals surface area contributed by atoms with Gasteiger partial charge in [-0.2, -0.15) is 0 Å². The number of aryl methyl sites for hydroxylation is 1. The quantitative estimate of drug-likeness (QED) is 0.877. The van der Waals surface area contributed by atoms with Crippen molar-refractivity contribution in [1.29, 1.82) is 0 Å². The summed E-state index contributed by atoms with van der Waals surface area (Å²) in [6.07, 6.45) is 0.514. The van der Waals surface area contributed by atoms with E-state index in [0.29, 0.717) is 18.7 Å². The van der Waals surface area contributed by atoms with Crippen LogP contribution in [-0.4, -0.2) is 35.1 Å². The number of likely N-dealkylation sites (tertiary alicyclic amines) is 1. The van der Waals surface area contributed by atoms with Gasteiger partial charge in [-0.25, -0.2) is 4.79 Å². The van der Waals surface area contributed by atoms with E-state index in [0.717, 1.165) is 10.0 Å². The molecule has 6 heteroatoms. The van der Waals surface area contributed by atoms with Gasteiger partial charge in [0.1, 0.15) is 0 Å². The number of carbonyl (C=O) groups is 2. The number of nitrogens with zero attached hydrogens (tertiary/aromatic N) is 1. The monoisotopic (exact) mass is 326 g/mol. The molecule has 0 saturated carbocycles. The van der Waals surface area contributed by atoms with Crippen molar-refractivity contribution < 1.29 is 14.7 Å². The maximum atomic E-state index is 12.0. The highest BCUT2D eigenvalue weighted by atomic mass is 79.9. The highest BCUT2D eigenvalue weighted by Gasteiger charge is 2.30. The molecule has 1 fully saturated rings. The topological polar surface area (TPSA) is 69.6 Å². The third-order valence-electron chi connectivity index (χ3n) is 3.12. The average molecular weight is 327 g/mol. The summed E-state index contributed by atoms with van der Waals surface area (Å²) in [6.45, 7) is 2.70. The number of carboxylic acid groups (broad SMARTS) is 1. The molecule has 5 nitrogen and oxygen atoms in total. The Labute approximate surface area is 119 Å². The van der Waals surface area contributed by atoms with Crippen molar-refractivity contribution in [2.24, 2.45) is 5.92 Å². The summed E-state index contributed by atoms with van der Waals surface area (Å²) in [5.74, 6) is -1.29. The maximum absolute atomic E-state index is 12.0. The van der Waals surface area contributed by atoms with E-state index in [1.807, 2.05) is 25.1 Å². The number of hydrogen-bond donors (Lipinski definition) is 2. The van der Waals surface area contributed by atoms with Gasteiger partial charge < -0.3 is 15.3 Å². The molecule has 0 aromatic heterocycles. The zero-order chi connectivity index (χ0) is 14.0. The van der Waals surface area contributed by atoms with Gasteiger partial charge in [-0.05, 0) is 37.1 Å². The van der Waals surface area contributed by atoms with Crippen LogP contribution < -0.4 is 5.32 Å². The van der Waals surface area contributed by atoms with E-state index in [1.54, 1.807) is 0 Å². The largest absolute Gasteiger partial charge is 0.481 e. The van der Waals surface area contributed by atoms with Gasteiger partial charge >= 0.3 is 12.0 Å². The van der Waals surface area contributed by atoms with Gasteiger partial charge in [0.25, 0.3) is 0 Å². The molecule has 2 amide bonds. The first-order valence-corrected chi connectivity index (χ1v) is 6.81. The van der Waals surface area contributed by atoms with Crippen LogP contribution in [0.2, 0.25) is 0 Å². The molecule has 1 atom stereocenters. The van der Waals surface area contributed by atoms with Crippen molar-refractivity contribution >= 4 is 33.6 Å². The molecule has 2 rings (SSSR count). The Balaban J connectivity index is 2.00. The second kappa shape index (κ2) is 5.61. The van der Waals surface area contributed by atoms with Gasteiger partial charge in [-0.15, -0.1) is 0 Å². The normalized spacial score (nSPS) is 18.4. The van der Waals surface area contributed by atoms with Crippen molar-refractivity contribution in [1.82, 2.24) is 4.90 Å². The first-order valence-electron chi connectivity index (χ1n) is 6.01. The Morgan fingerprint density at radius 1 is 1.42 bits per heavy atom. The van der Waals surface area contributed by atoms with Gasteiger partial charge in [-0.1, -0.05) is 15.9 Å². The van der Waals surface area contributed by atoms with Crippen LogP contribution in [0.25, 0.3) is 0 Å². The minimum atomic E-state index is -0.839. The fourth-order valence-corrected chi connectivity index (χ4v) is 2.77. The van der Waals surface area contributed by atoms with Crippen LogP contribution in [0.1, 0.15) is 12.0 Å². The Hall–Kier alpha value is -1.56. The minimum absolute atomic E-state index is 0.249. The van der Waals surface area contributed by atoms with E-state index in [2.05, 4.69) is 21.2 Å². The Kier molecular flexibility index (Phi) is 4.09. The van der Waals surface area contributed by atoms with Crippen molar-refractivity contribution in [3.63, 3.8) is 0 Å². The van der Waals surface area contributed by atoms with Crippen molar-refractivity contribution in [3.8, 4) is 0 Å².